The van der Waals surface area contributed by atoms with E-state index in [1.807, 2.05) is 23.1 Å². The van der Waals surface area contributed by atoms with E-state index in [0.717, 1.165) is 30.3 Å². The summed E-state index contributed by atoms with van der Waals surface area (Å²) in [5.74, 6) is 2.49. The van der Waals surface area contributed by atoms with Crippen LogP contribution >= 0.6 is 0 Å². The van der Waals surface area contributed by atoms with Crippen LogP contribution in [0.2, 0.25) is 0 Å². The number of carbonyl (C=O) groups excluding carboxylic acids is 1. The molecule has 1 fully saturated rings. The zero-order valence-electron chi connectivity index (χ0n) is 15.0. The number of phenols is 1. The van der Waals surface area contributed by atoms with Gasteiger partial charge < -0.3 is 29.1 Å². The number of phenolic OH excluding ortho intramolecular Hbond substituents is 1. The van der Waals surface area contributed by atoms with Crippen molar-refractivity contribution >= 4 is 11.6 Å². The van der Waals surface area contributed by atoms with Crippen LogP contribution in [-0.2, 0) is 4.79 Å². The molecule has 0 radical (unpaired) electrons. The molecule has 2 heterocycles. The van der Waals surface area contributed by atoms with Crippen molar-refractivity contribution < 1.29 is 24.1 Å². The Kier molecular flexibility index (Phi) is 4.91. The van der Waals surface area contributed by atoms with E-state index in [1.165, 1.54) is 0 Å². The largest absolute Gasteiger partial charge is 0.508 e. The fraction of sp³-hybridized carbons (Fsp3) is 0.350. The van der Waals surface area contributed by atoms with Crippen LogP contribution in [0, 0.1) is 0 Å². The Bertz CT molecular complexity index is 801. The minimum atomic E-state index is 0.0964. The lowest BCUT2D eigenvalue weighted by Crippen LogP contribution is -2.49. The normalized spacial score (nSPS) is 15.7. The zero-order valence-corrected chi connectivity index (χ0v) is 15.0. The van der Waals surface area contributed by atoms with Crippen LogP contribution in [0.4, 0.5) is 5.69 Å². The van der Waals surface area contributed by atoms with Crippen molar-refractivity contribution in [3.8, 4) is 23.0 Å². The SMILES string of the molecule is O=C(CCOc1ccc(O)cc1)N1CCN(c2ccc3c(c2)OCO3)CC1. The molecule has 142 valence electrons. The number of hydrogen-bond donors (Lipinski definition) is 1. The molecule has 0 saturated carbocycles. The number of aromatic hydroxyl groups is 1. The van der Waals surface area contributed by atoms with Gasteiger partial charge in [-0.2, -0.15) is 0 Å². The highest BCUT2D eigenvalue weighted by atomic mass is 16.7. The molecular weight excluding hydrogens is 348 g/mol. The van der Waals surface area contributed by atoms with E-state index in [-0.39, 0.29) is 18.4 Å². The molecule has 1 saturated heterocycles. The Morgan fingerprint density at radius 3 is 2.52 bits per heavy atom. The number of hydrogen-bond acceptors (Lipinski definition) is 6. The van der Waals surface area contributed by atoms with Gasteiger partial charge in [0.2, 0.25) is 12.7 Å². The minimum Gasteiger partial charge on any atom is -0.508 e. The average molecular weight is 370 g/mol. The summed E-state index contributed by atoms with van der Waals surface area (Å²) in [6.45, 7) is 3.53. The molecule has 2 aromatic carbocycles. The first-order chi connectivity index (χ1) is 13.2. The van der Waals surface area contributed by atoms with Gasteiger partial charge in [-0.1, -0.05) is 0 Å². The van der Waals surface area contributed by atoms with Crippen LogP contribution < -0.4 is 19.1 Å². The van der Waals surface area contributed by atoms with Crippen molar-refractivity contribution in [3.05, 3.63) is 42.5 Å². The quantitative estimate of drug-likeness (QED) is 0.870. The van der Waals surface area contributed by atoms with Gasteiger partial charge in [-0.3, -0.25) is 4.79 Å². The Balaban J connectivity index is 1.23. The summed E-state index contributed by atoms with van der Waals surface area (Å²) in [7, 11) is 0. The molecule has 2 aliphatic heterocycles. The summed E-state index contributed by atoms with van der Waals surface area (Å²) in [6.07, 6.45) is 0.338. The van der Waals surface area contributed by atoms with E-state index >= 15 is 0 Å². The summed E-state index contributed by atoms with van der Waals surface area (Å²) >= 11 is 0. The Morgan fingerprint density at radius 2 is 1.74 bits per heavy atom. The van der Waals surface area contributed by atoms with Gasteiger partial charge in [0, 0.05) is 37.9 Å². The molecule has 0 bridgehead atoms. The molecule has 4 rings (SSSR count). The van der Waals surface area contributed by atoms with Gasteiger partial charge in [-0.05, 0) is 36.4 Å². The van der Waals surface area contributed by atoms with Crippen LogP contribution in [0.25, 0.3) is 0 Å². The summed E-state index contributed by atoms with van der Waals surface area (Å²) in [5, 5.41) is 9.26. The molecule has 0 spiro atoms. The van der Waals surface area contributed by atoms with Crippen molar-refractivity contribution in [3.63, 3.8) is 0 Å². The average Bonchev–Trinajstić information content (AvgIpc) is 3.17. The van der Waals surface area contributed by atoms with Crippen molar-refractivity contribution in [1.82, 2.24) is 4.90 Å². The third kappa shape index (κ3) is 4.02. The number of nitrogens with zero attached hydrogens (tertiary/aromatic N) is 2. The number of fused-ring (bicyclic) bond motifs is 1. The zero-order chi connectivity index (χ0) is 18.6. The number of rotatable bonds is 5. The van der Waals surface area contributed by atoms with Gasteiger partial charge in [-0.15, -0.1) is 0 Å². The maximum atomic E-state index is 12.4. The van der Waals surface area contributed by atoms with E-state index < -0.39 is 0 Å². The number of anilines is 1. The fourth-order valence-corrected chi connectivity index (χ4v) is 3.25. The molecule has 0 aliphatic carbocycles. The summed E-state index contributed by atoms with van der Waals surface area (Å²) in [4.78, 5) is 16.5. The molecule has 1 amide bonds. The molecule has 27 heavy (non-hydrogen) atoms. The maximum absolute atomic E-state index is 12.4. The van der Waals surface area contributed by atoms with Crippen LogP contribution in [0.3, 0.4) is 0 Å². The van der Waals surface area contributed by atoms with Crippen molar-refractivity contribution in [2.75, 3.05) is 44.5 Å². The lowest BCUT2D eigenvalue weighted by atomic mass is 10.2. The first-order valence-electron chi connectivity index (χ1n) is 9.03. The maximum Gasteiger partial charge on any atom is 0.231 e. The van der Waals surface area contributed by atoms with E-state index in [0.29, 0.717) is 31.9 Å². The molecule has 2 aromatic rings. The number of carbonyl (C=O) groups is 1. The highest BCUT2D eigenvalue weighted by Crippen LogP contribution is 2.35. The second-order valence-corrected chi connectivity index (χ2v) is 6.50. The smallest absolute Gasteiger partial charge is 0.231 e. The Hall–Kier alpha value is -3.09. The summed E-state index contributed by atoms with van der Waals surface area (Å²) in [5.41, 5.74) is 1.09. The van der Waals surface area contributed by atoms with Crippen LogP contribution in [0.5, 0.6) is 23.0 Å². The number of benzene rings is 2. The second-order valence-electron chi connectivity index (χ2n) is 6.50. The highest BCUT2D eigenvalue weighted by molar-refractivity contribution is 5.76. The van der Waals surface area contributed by atoms with Gasteiger partial charge in [0.05, 0.1) is 13.0 Å². The van der Waals surface area contributed by atoms with Gasteiger partial charge >= 0.3 is 0 Å². The fourth-order valence-electron chi connectivity index (χ4n) is 3.25. The second kappa shape index (κ2) is 7.65. The van der Waals surface area contributed by atoms with Gasteiger partial charge in [0.25, 0.3) is 0 Å². The minimum absolute atomic E-state index is 0.0964. The van der Waals surface area contributed by atoms with Crippen LogP contribution in [0.1, 0.15) is 6.42 Å². The lowest BCUT2D eigenvalue weighted by molar-refractivity contribution is -0.132. The molecule has 7 heteroatoms. The van der Waals surface area contributed by atoms with Crippen LogP contribution in [0.15, 0.2) is 42.5 Å². The standard InChI is InChI=1S/C20H22N2O5/c23-16-2-4-17(5-3-16)25-12-7-20(24)22-10-8-21(9-11-22)15-1-6-18-19(13-15)27-14-26-18/h1-6,13,23H,7-12,14H2. The summed E-state index contributed by atoms with van der Waals surface area (Å²) in [6, 6.07) is 12.4. The predicted molar refractivity (Wildman–Crippen MR) is 99.6 cm³/mol. The Labute approximate surface area is 157 Å². The molecular formula is C20H22N2O5. The lowest BCUT2D eigenvalue weighted by Gasteiger charge is -2.36. The van der Waals surface area contributed by atoms with Gasteiger partial charge in [0.1, 0.15) is 11.5 Å². The topological polar surface area (TPSA) is 71.5 Å². The molecule has 0 atom stereocenters. The van der Waals surface area contributed by atoms with Crippen molar-refractivity contribution in [2.24, 2.45) is 0 Å². The third-order valence-electron chi connectivity index (χ3n) is 4.78. The molecule has 7 nitrogen and oxygen atoms in total. The number of ether oxygens (including phenoxy) is 3. The van der Waals surface area contributed by atoms with Crippen LogP contribution in [-0.4, -0.2) is 55.5 Å². The molecule has 2 aliphatic rings. The number of piperazine rings is 1. The summed E-state index contributed by atoms with van der Waals surface area (Å²) < 4.78 is 16.3. The highest BCUT2D eigenvalue weighted by Gasteiger charge is 2.23. The first kappa shape index (κ1) is 17.3. The van der Waals surface area contributed by atoms with Gasteiger partial charge in [-0.25, -0.2) is 0 Å². The van der Waals surface area contributed by atoms with E-state index in [2.05, 4.69) is 4.90 Å². The van der Waals surface area contributed by atoms with Crippen molar-refractivity contribution in [2.45, 2.75) is 6.42 Å². The number of amides is 1. The first-order valence-corrected chi connectivity index (χ1v) is 9.03. The van der Waals surface area contributed by atoms with E-state index in [1.54, 1.807) is 24.3 Å². The van der Waals surface area contributed by atoms with E-state index in [9.17, 15) is 9.90 Å². The Morgan fingerprint density at radius 1 is 1.00 bits per heavy atom. The van der Waals surface area contributed by atoms with E-state index in [4.69, 9.17) is 14.2 Å². The molecule has 0 aromatic heterocycles. The predicted octanol–water partition coefficient (Wildman–Crippen LogP) is 2.24. The molecule has 1 N–H and O–H groups in total. The monoisotopic (exact) mass is 370 g/mol. The molecule has 0 unspecified atom stereocenters. The van der Waals surface area contributed by atoms with Gasteiger partial charge in [0.15, 0.2) is 11.5 Å². The van der Waals surface area contributed by atoms with Crippen molar-refractivity contribution in [1.29, 1.82) is 0 Å². The third-order valence-corrected chi connectivity index (χ3v) is 4.78.